The van der Waals surface area contributed by atoms with Crippen molar-refractivity contribution in [2.45, 2.75) is 0 Å². The van der Waals surface area contributed by atoms with Gasteiger partial charge < -0.3 is 10.6 Å². The Hall–Kier alpha value is -2.56. The van der Waals surface area contributed by atoms with Crippen LogP contribution in [-0.2, 0) is 0 Å². The average molecular weight is 253 g/mol. The first-order chi connectivity index (χ1) is 9.16. The summed E-state index contributed by atoms with van der Waals surface area (Å²) in [6.07, 6.45) is 1.84. The van der Waals surface area contributed by atoms with Gasteiger partial charge >= 0.3 is 0 Å². The van der Waals surface area contributed by atoms with Gasteiger partial charge in [0.2, 0.25) is 0 Å². The van der Waals surface area contributed by atoms with E-state index in [1.165, 1.54) is 0 Å². The van der Waals surface area contributed by atoms with Crippen molar-refractivity contribution in [2.75, 3.05) is 24.7 Å². The molecule has 2 aromatic heterocycles. The number of hydrogen-bond donors (Lipinski definition) is 1. The average Bonchev–Trinajstić information content (AvgIpc) is 2.81. The second-order valence-corrected chi connectivity index (χ2v) is 4.63. The molecular formula is C14H15N5. The predicted octanol–water partition coefficient (Wildman–Crippen LogP) is 2.04. The number of benzene rings is 1. The number of anilines is 2. The van der Waals surface area contributed by atoms with Gasteiger partial charge in [0.15, 0.2) is 11.5 Å². The molecular weight excluding hydrogens is 238 g/mol. The second-order valence-electron chi connectivity index (χ2n) is 4.63. The van der Waals surface area contributed by atoms with Gasteiger partial charge in [0, 0.05) is 37.2 Å². The fraction of sp³-hybridized carbons (Fsp3) is 0.143. The van der Waals surface area contributed by atoms with Gasteiger partial charge in [-0.1, -0.05) is 12.1 Å². The summed E-state index contributed by atoms with van der Waals surface area (Å²) >= 11 is 0. The fourth-order valence-corrected chi connectivity index (χ4v) is 2.14. The molecule has 0 amide bonds. The molecule has 0 fully saturated rings. The summed E-state index contributed by atoms with van der Waals surface area (Å²) in [5.41, 5.74) is 9.45. The molecule has 0 saturated heterocycles. The van der Waals surface area contributed by atoms with Gasteiger partial charge in [-0.25, -0.2) is 0 Å². The quantitative estimate of drug-likeness (QED) is 0.759. The Balaban J connectivity index is 2.28. The van der Waals surface area contributed by atoms with E-state index in [1.807, 2.05) is 55.0 Å². The van der Waals surface area contributed by atoms with Crippen molar-refractivity contribution >= 4 is 17.0 Å². The van der Waals surface area contributed by atoms with Gasteiger partial charge in [-0.2, -0.15) is 0 Å². The number of pyridine rings is 1. The van der Waals surface area contributed by atoms with Crippen LogP contribution in [0.2, 0.25) is 0 Å². The van der Waals surface area contributed by atoms with E-state index in [4.69, 9.17) is 5.73 Å². The Bertz CT molecular complexity index is 730. The molecule has 19 heavy (non-hydrogen) atoms. The summed E-state index contributed by atoms with van der Waals surface area (Å²) in [6, 6.07) is 11.8. The van der Waals surface area contributed by atoms with Crippen molar-refractivity contribution in [1.82, 2.24) is 14.6 Å². The maximum atomic E-state index is 5.84. The summed E-state index contributed by atoms with van der Waals surface area (Å²) in [7, 11) is 4.02. The van der Waals surface area contributed by atoms with Crippen molar-refractivity contribution in [3.8, 4) is 11.4 Å². The predicted molar refractivity (Wildman–Crippen MR) is 77.2 cm³/mol. The number of para-hydroxylation sites is 1. The second kappa shape index (κ2) is 4.28. The molecule has 2 N–H and O–H groups in total. The van der Waals surface area contributed by atoms with E-state index in [2.05, 4.69) is 21.2 Å². The molecule has 0 aliphatic carbocycles. The molecule has 0 aliphatic heterocycles. The minimum atomic E-state index is 0.691. The summed E-state index contributed by atoms with van der Waals surface area (Å²) in [6.45, 7) is 0. The van der Waals surface area contributed by atoms with Gasteiger partial charge in [-0.05, 0) is 24.3 Å². The minimum absolute atomic E-state index is 0.691. The largest absolute Gasteiger partial charge is 0.398 e. The number of nitrogen functional groups attached to an aromatic ring is 1. The first-order valence-electron chi connectivity index (χ1n) is 6.04. The van der Waals surface area contributed by atoms with Crippen LogP contribution in [0.3, 0.4) is 0 Å². The number of nitrogens with two attached hydrogens (primary N) is 1. The van der Waals surface area contributed by atoms with E-state index < -0.39 is 0 Å². The van der Waals surface area contributed by atoms with Gasteiger partial charge in [-0.3, -0.25) is 4.40 Å². The third-order valence-corrected chi connectivity index (χ3v) is 3.05. The topological polar surface area (TPSA) is 59.5 Å². The van der Waals surface area contributed by atoms with Crippen LogP contribution in [0.4, 0.5) is 11.4 Å². The van der Waals surface area contributed by atoms with E-state index >= 15 is 0 Å². The Morgan fingerprint density at radius 1 is 1.05 bits per heavy atom. The normalized spacial score (nSPS) is 10.8. The minimum Gasteiger partial charge on any atom is -0.398 e. The van der Waals surface area contributed by atoms with Crippen molar-refractivity contribution in [3.63, 3.8) is 0 Å². The lowest BCUT2D eigenvalue weighted by Gasteiger charge is -2.16. The molecule has 5 heteroatoms. The zero-order valence-electron chi connectivity index (χ0n) is 10.9. The van der Waals surface area contributed by atoms with E-state index in [0.717, 1.165) is 22.7 Å². The van der Waals surface area contributed by atoms with Crippen LogP contribution in [0.5, 0.6) is 0 Å². The molecule has 1 aromatic carbocycles. The Kier molecular flexibility index (Phi) is 2.59. The zero-order chi connectivity index (χ0) is 13.4. The molecule has 0 bridgehead atoms. The summed E-state index contributed by atoms with van der Waals surface area (Å²) < 4.78 is 1.91. The van der Waals surface area contributed by atoms with Crippen LogP contribution in [0, 0.1) is 0 Å². The monoisotopic (exact) mass is 253 g/mol. The molecule has 96 valence electrons. The molecule has 2 heterocycles. The number of hydrogen-bond acceptors (Lipinski definition) is 4. The highest BCUT2D eigenvalue weighted by molar-refractivity contribution is 5.75. The molecule has 5 nitrogen and oxygen atoms in total. The fourth-order valence-electron chi connectivity index (χ4n) is 2.14. The van der Waals surface area contributed by atoms with Crippen LogP contribution in [-0.4, -0.2) is 28.7 Å². The zero-order valence-corrected chi connectivity index (χ0v) is 10.9. The van der Waals surface area contributed by atoms with Gasteiger partial charge in [0.05, 0.1) is 0 Å². The molecule has 3 rings (SSSR count). The van der Waals surface area contributed by atoms with Crippen LogP contribution in [0.1, 0.15) is 0 Å². The lowest BCUT2D eigenvalue weighted by atomic mass is 10.1. The van der Waals surface area contributed by atoms with Crippen LogP contribution < -0.4 is 10.6 Å². The van der Waals surface area contributed by atoms with Crippen molar-refractivity contribution in [2.24, 2.45) is 0 Å². The SMILES string of the molecule is CN(C)c1ccccc1-c1nnc2ccc(N)cn12. The highest BCUT2D eigenvalue weighted by Crippen LogP contribution is 2.28. The molecule has 0 unspecified atom stereocenters. The van der Waals surface area contributed by atoms with E-state index in [-0.39, 0.29) is 0 Å². The van der Waals surface area contributed by atoms with Crippen molar-refractivity contribution in [1.29, 1.82) is 0 Å². The lowest BCUT2D eigenvalue weighted by molar-refractivity contribution is 1.09. The Morgan fingerprint density at radius 3 is 2.63 bits per heavy atom. The third-order valence-electron chi connectivity index (χ3n) is 3.05. The maximum Gasteiger partial charge on any atom is 0.170 e. The lowest BCUT2D eigenvalue weighted by Crippen LogP contribution is -2.10. The van der Waals surface area contributed by atoms with E-state index in [9.17, 15) is 0 Å². The summed E-state index contributed by atoms with van der Waals surface area (Å²) in [5, 5.41) is 8.46. The Labute approximate surface area is 111 Å². The molecule has 0 atom stereocenters. The summed E-state index contributed by atoms with van der Waals surface area (Å²) in [4.78, 5) is 2.06. The smallest absolute Gasteiger partial charge is 0.170 e. The van der Waals surface area contributed by atoms with Crippen LogP contribution in [0.25, 0.3) is 17.0 Å². The standard InChI is InChI=1S/C14H15N5/c1-18(2)12-6-4-3-5-11(12)14-17-16-13-8-7-10(15)9-19(13)14/h3-9H,15H2,1-2H3. The molecule has 0 aliphatic rings. The number of nitrogens with zero attached hydrogens (tertiary/aromatic N) is 4. The van der Waals surface area contributed by atoms with Gasteiger partial charge in [0.1, 0.15) is 0 Å². The first kappa shape index (κ1) is 11.5. The number of fused-ring (bicyclic) bond motifs is 1. The number of aromatic nitrogens is 3. The molecule has 3 aromatic rings. The maximum absolute atomic E-state index is 5.84. The third kappa shape index (κ3) is 1.89. The highest BCUT2D eigenvalue weighted by atomic mass is 15.2. The number of rotatable bonds is 2. The van der Waals surface area contributed by atoms with E-state index in [0.29, 0.717) is 5.69 Å². The van der Waals surface area contributed by atoms with Gasteiger partial charge in [0.25, 0.3) is 0 Å². The van der Waals surface area contributed by atoms with Gasteiger partial charge in [-0.15, -0.1) is 10.2 Å². The summed E-state index contributed by atoms with van der Waals surface area (Å²) in [5.74, 6) is 0.798. The van der Waals surface area contributed by atoms with Crippen molar-refractivity contribution < 1.29 is 0 Å². The molecule has 0 spiro atoms. The first-order valence-corrected chi connectivity index (χ1v) is 6.04. The molecule has 0 saturated carbocycles. The molecule has 0 radical (unpaired) electrons. The highest BCUT2D eigenvalue weighted by Gasteiger charge is 2.12. The van der Waals surface area contributed by atoms with Crippen molar-refractivity contribution in [3.05, 3.63) is 42.6 Å². The van der Waals surface area contributed by atoms with Crippen LogP contribution >= 0.6 is 0 Å². The van der Waals surface area contributed by atoms with E-state index in [1.54, 1.807) is 0 Å². The Morgan fingerprint density at radius 2 is 1.84 bits per heavy atom. The van der Waals surface area contributed by atoms with Crippen LogP contribution in [0.15, 0.2) is 42.6 Å².